The van der Waals surface area contributed by atoms with Crippen LogP contribution in [0, 0.1) is 0 Å². The number of hydrogen-bond donors (Lipinski definition) is 4. The van der Waals surface area contributed by atoms with Crippen molar-refractivity contribution in [1.82, 2.24) is 16.2 Å². The molecule has 1 amide bonds. The van der Waals surface area contributed by atoms with E-state index in [2.05, 4.69) is 21.2 Å². The first kappa shape index (κ1) is 14.7. The molecular weight excluding hydrogens is 248 g/mol. The Bertz CT molecular complexity index is 457. The second-order valence-electron chi connectivity index (χ2n) is 3.66. The third-order valence-electron chi connectivity index (χ3n) is 2.12. The van der Waals surface area contributed by atoms with Gasteiger partial charge in [-0.2, -0.15) is 0 Å². The molecule has 0 bridgehead atoms. The highest BCUT2D eigenvalue weighted by molar-refractivity contribution is 5.88. The Hall–Kier alpha value is -2.41. The van der Waals surface area contributed by atoms with Crippen LogP contribution in [-0.2, 0) is 4.79 Å². The quantitative estimate of drug-likeness (QED) is 0.245. The van der Waals surface area contributed by atoms with Gasteiger partial charge in [-0.25, -0.2) is 15.2 Å². The van der Waals surface area contributed by atoms with E-state index in [1.165, 1.54) is 25.4 Å². The van der Waals surface area contributed by atoms with E-state index < -0.39 is 5.97 Å². The molecule has 0 unspecified atom stereocenters. The minimum atomic E-state index is -0.965. The molecule has 0 fully saturated rings. The van der Waals surface area contributed by atoms with Crippen LogP contribution in [0.5, 0.6) is 0 Å². The van der Waals surface area contributed by atoms with E-state index >= 15 is 0 Å². The van der Waals surface area contributed by atoms with Gasteiger partial charge in [-0.1, -0.05) is 0 Å². The second-order valence-corrected chi connectivity index (χ2v) is 3.66. The Labute approximate surface area is 110 Å². The van der Waals surface area contributed by atoms with Crippen LogP contribution in [0.2, 0.25) is 0 Å². The van der Waals surface area contributed by atoms with Gasteiger partial charge in [0.25, 0.3) is 0 Å². The molecule has 0 radical (unpaired) electrons. The molecule has 1 rings (SSSR count). The zero-order valence-corrected chi connectivity index (χ0v) is 10.5. The minimum Gasteiger partial charge on any atom is -0.478 e. The summed E-state index contributed by atoms with van der Waals surface area (Å²) >= 11 is 0. The fraction of sp³-hybridized carbons (Fsp3) is 0.250. The normalized spacial score (nSPS) is 10.4. The number of hydrogen-bond acceptors (Lipinski definition) is 4. The molecule has 0 aliphatic heterocycles. The van der Waals surface area contributed by atoms with Crippen LogP contribution in [0.4, 0.5) is 5.69 Å². The number of aromatic carboxylic acids is 1. The molecule has 0 aliphatic carbocycles. The van der Waals surface area contributed by atoms with Crippen molar-refractivity contribution >= 4 is 23.9 Å². The highest BCUT2D eigenvalue weighted by Crippen LogP contribution is 2.11. The summed E-state index contributed by atoms with van der Waals surface area (Å²) in [4.78, 5) is 25.3. The molecule has 0 atom stereocenters. The van der Waals surface area contributed by atoms with Crippen molar-refractivity contribution in [2.24, 2.45) is 4.99 Å². The number of nitrogens with zero attached hydrogens (tertiary/aromatic N) is 1. The summed E-state index contributed by atoms with van der Waals surface area (Å²) in [7, 11) is 0. The first-order chi connectivity index (χ1) is 9.09. The van der Waals surface area contributed by atoms with Crippen LogP contribution in [-0.4, -0.2) is 36.4 Å². The van der Waals surface area contributed by atoms with Gasteiger partial charge in [0.15, 0.2) is 0 Å². The lowest BCUT2D eigenvalue weighted by molar-refractivity contribution is -0.118. The van der Waals surface area contributed by atoms with E-state index in [1.54, 1.807) is 12.1 Å². The van der Waals surface area contributed by atoms with Gasteiger partial charge in [-0.05, 0) is 24.3 Å². The van der Waals surface area contributed by atoms with E-state index in [4.69, 9.17) is 5.11 Å². The van der Waals surface area contributed by atoms with Crippen molar-refractivity contribution in [2.45, 2.75) is 6.92 Å². The Morgan fingerprint density at radius 1 is 1.26 bits per heavy atom. The summed E-state index contributed by atoms with van der Waals surface area (Å²) in [5.41, 5.74) is 6.43. The Morgan fingerprint density at radius 3 is 2.53 bits per heavy atom. The average Bonchev–Trinajstić information content (AvgIpc) is 2.38. The molecule has 7 nitrogen and oxygen atoms in total. The summed E-state index contributed by atoms with van der Waals surface area (Å²) < 4.78 is 0. The van der Waals surface area contributed by atoms with Gasteiger partial charge in [0, 0.05) is 20.0 Å². The molecule has 7 heteroatoms. The number of rotatable bonds is 7. The standard InChI is InChI=1S/C12H16N4O3/c1-9(17)13-6-7-15-16-8-14-11-4-2-10(3-5-11)12(18)19/h2-5,8,15H,6-7H2,1H3,(H,13,17)(H,14,16)(H,18,19). The van der Waals surface area contributed by atoms with Crippen LogP contribution in [0.3, 0.4) is 0 Å². The zero-order chi connectivity index (χ0) is 14.1. The van der Waals surface area contributed by atoms with Crippen LogP contribution in [0.25, 0.3) is 0 Å². The molecule has 0 aliphatic rings. The average molecular weight is 264 g/mol. The maximum absolute atomic E-state index is 10.6. The Kier molecular flexibility index (Phi) is 6.04. The number of amides is 1. The Balaban J connectivity index is 2.25. The van der Waals surface area contributed by atoms with Gasteiger partial charge in [-0.15, -0.1) is 0 Å². The molecule has 0 spiro atoms. The predicted molar refractivity (Wildman–Crippen MR) is 71.4 cm³/mol. The number of carboxylic acid groups (broad SMARTS) is 1. The predicted octanol–water partition coefficient (Wildman–Crippen LogP) is 0.275. The third kappa shape index (κ3) is 6.18. The number of carboxylic acids is 1. The van der Waals surface area contributed by atoms with Gasteiger partial charge >= 0.3 is 5.97 Å². The summed E-state index contributed by atoms with van der Waals surface area (Å²) in [6.45, 7) is 2.53. The van der Waals surface area contributed by atoms with Gasteiger partial charge in [-0.3, -0.25) is 4.79 Å². The zero-order valence-electron chi connectivity index (χ0n) is 10.5. The molecule has 0 heterocycles. The third-order valence-corrected chi connectivity index (χ3v) is 2.12. The van der Waals surface area contributed by atoms with E-state index in [0.29, 0.717) is 18.8 Å². The van der Waals surface area contributed by atoms with Gasteiger partial charge in [0.05, 0.1) is 11.3 Å². The summed E-state index contributed by atoms with van der Waals surface area (Å²) in [5, 5.41) is 11.3. The van der Waals surface area contributed by atoms with E-state index in [1.807, 2.05) is 0 Å². The summed E-state index contributed by atoms with van der Waals surface area (Å²) in [5.74, 6) is -1.04. The number of carbonyl (C=O) groups is 2. The molecule has 1 aromatic rings. The molecule has 0 saturated carbocycles. The van der Waals surface area contributed by atoms with Gasteiger partial charge in [0.1, 0.15) is 6.34 Å². The monoisotopic (exact) mass is 264 g/mol. The number of benzene rings is 1. The van der Waals surface area contributed by atoms with Crippen molar-refractivity contribution in [2.75, 3.05) is 13.1 Å². The fourth-order valence-corrected chi connectivity index (χ4v) is 1.22. The molecule has 4 N–H and O–H groups in total. The number of nitrogens with one attached hydrogen (secondary N) is 3. The van der Waals surface area contributed by atoms with Crippen LogP contribution in [0.15, 0.2) is 29.3 Å². The summed E-state index contributed by atoms with van der Waals surface area (Å²) in [6.07, 6.45) is 1.45. The smallest absolute Gasteiger partial charge is 0.335 e. The lowest BCUT2D eigenvalue weighted by atomic mass is 10.2. The maximum atomic E-state index is 10.6. The largest absolute Gasteiger partial charge is 0.478 e. The lowest BCUT2D eigenvalue weighted by Gasteiger charge is -2.03. The minimum absolute atomic E-state index is 0.0750. The number of carbonyl (C=O) groups excluding carboxylic acids is 1. The topological polar surface area (TPSA) is 103 Å². The molecule has 1 aromatic carbocycles. The van der Waals surface area contributed by atoms with Gasteiger partial charge in [0.2, 0.25) is 5.91 Å². The molecule has 102 valence electrons. The van der Waals surface area contributed by atoms with E-state index in [0.717, 1.165) is 0 Å². The highest BCUT2D eigenvalue weighted by atomic mass is 16.4. The van der Waals surface area contributed by atoms with Crippen molar-refractivity contribution in [3.8, 4) is 0 Å². The SMILES string of the molecule is CC(=O)NCCNNC=Nc1ccc(C(=O)O)cc1. The van der Waals surface area contributed by atoms with Gasteiger partial charge < -0.3 is 15.8 Å². The van der Waals surface area contributed by atoms with Crippen molar-refractivity contribution in [1.29, 1.82) is 0 Å². The molecule has 19 heavy (non-hydrogen) atoms. The molecular formula is C12H16N4O3. The highest BCUT2D eigenvalue weighted by Gasteiger charge is 2.00. The van der Waals surface area contributed by atoms with Crippen molar-refractivity contribution in [3.05, 3.63) is 29.8 Å². The second kappa shape index (κ2) is 7.83. The molecule has 0 saturated heterocycles. The summed E-state index contributed by atoms with van der Waals surface area (Å²) in [6, 6.07) is 6.19. The number of hydrazine groups is 1. The van der Waals surface area contributed by atoms with Crippen LogP contribution >= 0.6 is 0 Å². The van der Waals surface area contributed by atoms with Crippen LogP contribution < -0.4 is 16.2 Å². The first-order valence-corrected chi connectivity index (χ1v) is 5.68. The van der Waals surface area contributed by atoms with E-state index in [9.17, 15) is 9.59 Å². The van der Waals surface area contributed by atoms with Crippen LogP contribution in [0.1, 0.15) is 17.3 Å². The Morgan fingerprint density at radius 2 is 1.95 bits per heavy atom. The molecule has 0 aromatic heterocycles. The van der Waals surface area contributed by atoms with Crippen molar-refractivity contribution in [3.63, 3.8) is 0 Å². The van der Waals surface area contributed by atoms with Crippen molar-refractivity contribution < 1.29 is 14.7 Å². The lowest BCUT2D eigenvalue weighted by Crippen LogP contribution is -2.37. The first-order valence-electron chi connectivity index (χ1n) is 5.68. The van der Waals surface area contributed by atoms with E-state index in [-0.39, 0.29) is 11.5 Å². The fourth-order valence-electron chi connectivity index (χ4n) is 1.22. The maximum Gasteiger partial charge on any atom is 0.335 e. The number of aliphatic imine (C=N–C) groups is 1.